The van der Waals surface area contributed by atoms with Crippen LogP contribution in [0.3, 0.4) is 0 Å². The number of nitriles is 1. The number of nitrogens with zero attached hydrogens (tertiary/aromatic N) is 3. The summed E-state index contributed by atoms with van der Waals surface area (Å²) >= 11 is 1.65. The van der Waals surface area contributed by atoms with Gasteiger partial charge in [-0.25, -0.2) is 0 Å². The second-order valence-electron chi connectivity index (χ2n) is 9.30. The molecule has 0 atom stereocenters. The second-order valence-corrected chi connectivity index (χ2v) is 10.3. The molecule has 5 rings (SSSR count). The van der Waals surface area contributed by atoms with Crippen molar-refractivity contribution in [2.75, 3.05) is 4.90 Å². The maximum Gasteiger partial charge on any atom is 0.309 e. The molecule has 0 radical (unpaired) electrons. The molecule has 0 aliphatic rings. The summed E-state index contributed by atoms with van der Waals surface area (Å²) in [5.74, 6) is -1.06. The summed E-state index contributed by atoms with van der Waals surface area (Å²) in [4.78, 5) is 28.4. The third-order valence-corrected chi connectivity index (χ3v) is 7.95. The summed E-state index contributed by atoms with van der Waals surface area (Å²) in [6.07, 6.45) is -0.0710. The SMILES string of the molecule is CCn1c(CC(=O)O)c(C)c2cc(N(Cc3ccccc3C#N)C(=O)c3ccc(-c4cccs4)cc3)ccc21. The van der Waals surface area contributed by atoms with E-state index in [0.29, 0.717) is 23.4 Å². The molecular weight excluding hydrogens is 506 g/mol. The number of anilines is 1. The standard InChI is InChI=1S/C32H27N3O3S/c1-3-34-28-15-14-26(17-27(28)21(2)29(34)18-31(36)37)35(20-25-8-5-4-7-24(25)19-33)32(38)23-12-10-22(11-13-23)30-9-6-16-39-30/h4-17H,3,18,20H2,1-2H3,(H,36,37). The third-order valence-electron chi connectivity index (χ3n) is 7.03. The number of carboxylic acids is 1. The molecule has 5 aromatic rings. The minimum absolute atomic E-state index is 0.0710. The summed E-state index contributed by atoms with van der Waals surface area (Å²) in [7, 11) is 0. The lowest BCUT2D eigenvalue weighted by Crippen LogP contribution is -2.30. The van der Waals surface area contributed by atoms with E-state index in [-0.39, 0.29) is 18.9 Å². The molecule has 0 aliphatic carbocycles. The molecule has 1 amide bonds. The van der Waals surface area contributed by atoms with E-state index < -0.39 is 5.97 Å². The first-order valence-electron chi connectivity index (χ1n) is 12.7. The van der Waals surface area contributed by atoms with Gasteiger partial charge < -0.3 is 14.6 Å². The number of amides is 1. The molecule has 0 bridgehead atoms. The lowest BCUT2D eigenvalue weighted by atomic mass is 10.0. The maximum absolute atomic E-state index is 14.0. The number of hydrogen-bond donors (Lipinski definition) is 1. The average molecular weight is 534 g/mol. The number of aryl methyl sites for hydroxylation is 2. The quantitative estimate of drug-likeness (QED) is 0.232. The molecule has 7 heteroatoms. The largest absolute Gasteiger partial charge is 0.481 e. The van der Waals surface area contributed by atoms with Crippen LogP contribution in [0.1, 0.15) is 39.7 Å². The van der Waals surface area contributed by atoms with Crippen molar-refractivity contribution in [3.05, 3.63) is 112 Å². The van der Waals surface area contributed by atoms with Gasteiger partial charge in [0.25, 0.3) is 5.91 Å². The van der Waals surface area contributed by atoms with Gasteiger partial charge in [-0.1, -0.05) is 36.4 Å². The Morgan fingerprint density at radius 2 is 1.79 bits per heavy atom. The van der Waals surface area contributed by atoms with E-state index in [1.807, 2.05) is 96.6 Å². The molecule has 1 N–H and O–H groups in total. The highest BCUT2D eigenvalue weighted by Crippen LogP contribution is 2.32. The number of fused-ring (bicyclic) bond motifs is 1. The molecule has 3 aromatic carbocycles. The Balaban J connectivity index is 1.60. The Labute approximate surface area is 231 Å². The zero-order valence-corrected chi connectivity index (χ0v) is 22.5. The Morgan fingerprint density at radius 1 is 1.03 bits per heavy atom. The first-order valence-corrected chi connectivity index (χ1v) is 13.6. The fourth-order valence-electron chi connectivity index (χ4n) is 5.06. The number of benzene rings is 3. The van der Waals surface area contributed by atoms with Gasteiger partial charge in [-0.2, -0.15) is 5.26 Å². The average Bonchev–Trinajstić information content (AvgIpc) is 3.58. The fourth-order valence-corrected chi connectivity index (χ4v) is 5.79. The van der Waals surface area contributed by atoms with Crippen LogP contribution < -0.4 is 4.90 Å². The van der Waals surface area contributed by atoms with E-state index >= 15 is 0 Å². The zero-order valence-electron chi connectivity index (χ0n) is 21.7. The second kappa shape index (κ2) is 11.0. The molecule has 2 aromatic heterocycles. The summed E-state index contributed by atoms with van der Waals surface area (Å²) in [6.45, 7) is 4.78. The Hall–Kier alpha value is -4.67. The highest BCUT2D eigenvalue weighted by molar-refractivity contribution is 7.13. The van der Waals surface area contributed by atoms with Crippen molar-refractivity contribution in [2.24, 2.45) is 0 Å². The van der Waals surface area contributed by atoms with Crippen LogP contribution in [0.15, 0.2) is 84.2 Å². The molecule has 2 heterocycles. The lowest BCUT2D eigenvalue weighted by molar-refractivity contribution is -0.136. The van der Waals surface area contributed by atoms with Crippen molar-refractivity contribution in [2.45, 2.75) is 33.4 Å². The van der Waals surface area contributed by atoms with Gasteiger partial charge >= 0.3 is 5.97 Å². The summed E-state index contributed by atoms with van der Waals surface area (Å²) in [5.41, 5.74) is 6.11. The Bertz CT molecular complexity index is 1710. The maximum atomic E-state index is 14.0. The zero-order chi connectivity index (χ0) is 27.5. The normalized spacial score (nSPS) is 10.9. The van der Waals surface area contributed by atoms with Crippen molar-refractivity contribution in [3.8, 4) is 16.5 Å². The molecule has 0 saturated heterocycles. The van der Waals surface area contributed by atoms with Crippen molar-refractivity contribution >= 4 is 39.8 Å². The van der Waals surface area contributed by atoms with Crippen LogP contribution in [0.2, 0.25) is 0 Å². The van der Waals surface area contributed by atoms with Gasteiger partial charge in [-0.15, -0.1) is 11.3 Å². The Kier molecular flexibility index (Phi) is 7.31. The van der Waals surface area contributed by atoms with E-state index in [1.165, 1.54) is 0 Å². The lowest BCUT2D eigenvalue weighted by Gasteiger charge is -2.24. The van der Waals surface area contributed by atoms with Gasteiger partial charge in [0.2, 0.25) is 0 Å². The summed E-state index contributed by atoms with van der Waals surface area (Å²) in [5, 5.41) is 22.1. The third kappa shape index (κ3) is 5.07. The smallest absolute Gasteiger partial charge is 0.309 e. The number of carboxylic acid groups (broad SMARTS) is 1. The van der Waals surface area contributed by atoms with Crippen molar-refractivity contribution in [3.63, 3.8) is 0 Å². The highest BCUT2D eigenvalue weighted by atomic mass is 32.1. The molecule has 0 saturated carbocycles. The molecule has 0 aliphatic heterocycles. The van der Waals surface area contributed by atoms with E-state index in [0.717, 1.165) is 38.2 Å². The monoisotopic (exact) mass is 533 g/mol. The minimum atomic E-state index is -0.883. The predicted molar refractivity (Wildman–Crippen MR) is 155 cm³/mol. The fraction of sp³-hybridized carbons (Fsp3) is 0.156. The number of aliphatic carboxylic acids is 1. The van der Waals surface area contributed by atoms with E-state index in [1.54, 1.807) is 22.3 Å². The van der Waals surface area contributed by atoms with E-state index in [9.17, 15) is 20.0 Å². The van der Waals surface area contributed by atoms with Gasteiger partial charge in [0.05, 0.1) is 24.6 Å². The summed E-state index contributed by atoms with van der Waals surface area (Å²) < 4.78 is 2.02. The van der Waals surface area contributed by atoms with Gasteiger partial charge in [-0.3, -0.25) is 9.59 Å². The van der Waals surface area contributed by atoms with Gasteiger partial charge in [-0.05, 0) is 78.4 Å². The summed E-state index contributed by atoms with van der Waals surface area (Å²) in [6, 6.07) is 26.9. The number of carbonyl (C=O) groups is 2. The first kappa shape index (κ1) is 26.0. The van der Waals surface area contributed by atoms with E-state index in [4.69, 9.17) is 0 Å². The Morgan fingerprint density at radius 3 is 2.46 bits per heavy atom. The topological polar surface area (TPSA) is 86.3 Å². The van der Waals surface area contributed by atoms with Crippen molar-refractivity contribution in [1.82, 2.24) is 4.57 Å². The highest BCUT2D eigenvalue weighted by Gasteiger charge is 2.22. The van der Waals surface area contributed by atoms with Crippen LogP contribution in [0.4, 0.5) is 5.69 Å². The molecule has 0 fully saturated rings. The van der Waals surface area contributed by atoms with Crippen LogP contribution in [0.25, 0.3) is 21.3 Å². The van der Waals surface area contributed by atoms with Crippen LogP contribution in [-0.4, -0.2) is 21.6 Å². The van der Waals surface area contributed by atoms with Crippen molar-refractivity contribution in [1.29, 1.82) is 5.26 Å². The van der Waals surface area contributed by atoms with Crippen molar-refractivity contribution < 1.29 is 14.7 Å². The van der Waals surface area contributed by atoms with Crippen LogP contribution in [-0.2, 0) is 24.3 Å². The number of carbonyl (C=O) groups excluding carboxylic acids is 1. The molecule has 0 unspecified atom stereocenters. The van der Waals surface area contributed by atoms with Gasteiger partial charge in [0, 0.05) is 39.3 Å². The number of rotatable bonds is 8. The van der Waals surface area contributed by atoms with Crippen LogP contribution >= 0.6 is 11.3 Å². The van der Waals surface area contributed by atoms with Gasteiger partial charge in [0.1, 0.15) is 0 Å². The number of aromatic nitrogens is 1. The predicted octanol–water partition coefficient (Wildman–Crippen LogP) is 7.04. The van der Waals surface area contributed by atoms with Crippen LogP contribution in [0, 0.1) is 18.3 Å². The molecule has 39 heavy (non-hydrogen) atoms. The molecule has 194 valence electrons. The number of thiophene rings is 1. The van der Waals surface area contributed by atoms with E-state index in [2.05, 4.69) is 6.07 Å². The molecule has 0 spiro atoms. The minimum Gasteiger partial charge on any atom is -0.481 e. The van der Waals surface area contributed by atoms with Gasteiger partial charge in [0.15, 0.2) is 0 Å². The van der Waals surface area contributed by atoms with Crippen LogP contribution in [0.5, 0.6) is 0 Å². The molecular formula is C32H27N3O3S. The molecule has 6 nitrogen and oxygen atoms in total. The number of hydrogen-bond acceptors (Lipinski definition) is 4. The first-order chi connectivity index (χ1) is 18.9.